The maximum absolute atomic E-state index is 6.24. The highest BCUT2D eigenvalue weighted by atomic mass is 16.3. The second kappa shape index (κ2) is 35.3. The van der Waals surface area contributed by atoms with E-state index in [1.165, 1.54) is 22.3 Å². The van der Waals surface area contributed by atoms with Crippen molar-refractivity contribution in [3.63, 3.8) is 0 Å². The molecule has 15 heteroatoms. The van der Waals surface area contributed by atoms with E-state index in [1.54, 1.807) is 0 Å². The largest absolute Gasteiger partial charge is 0.456 e. The third kappa shape index (κ3) is 15.7. The zero-order valence-electron chi connectivity index (χ0n) is 76.9. The average Bonchev–Trinajstić information content (AvgIpc) is 1.41. The molecule has 0 spiro atoms. The zero-order chi connectivity index (χ0) is 95.1. The molecular weight excluding hydrogens is 1770 g/mol. The molecule has 29 rings (SSSR count). The van der Waals surface area contributed by atoms with Crippen molar-refractivity contribution in [3.05, 3.63) is 467 Å². The number of nitrogens with zero attached hydrogens (tertiary/aromatic N) is 9. The van der Waals surface area contributed by atoms with Crippen molar-refractivity contribution >= 4 is 132 Å². The highest BCUT2D eigenvalue weighted by molar-refractivity contribution is 6.11. The molecule has 0 aliphatic carbocycles. The van der Waals surface area contributed by atoms with Gasteiger partial charge in [-0.1, -0.05) is 334 Å². The molecule has 15 nitrogen and oxygen atoms in total. The van der Waals surface area contributed by atoms with Crippen LogP contribution in [-0.2, 0) is 0 Å². The minimum absolute atomic E-state index is 0.563. The summed E-state index contributed by atoms with van der Waals surface area (Å²) in [5.74, 6) is 5.16. The highest BCUT2D eigenvalue weighted by Crippen LogP contribution is 2.43. The van der Waals surface area contributed by atoms with Crippen LogP contribution in [0.2, 0.25) is 0 Å². The maximum atomic E-state index is 6.24. The Hall–Kier alpha value is -19.8. The third-order valence-electron chi connectivity index (χ3n) is 26.8. The van der Waals surface area contributed by atoms with Gasteiger partial charge in [0.2, 0.25) is 0 Å². The van der Waals surface area contributed by atoms with E-state index < -0.39 is 0 Å². The van der Waals surface area contributed by atoms with Gasteiger partial charge in [0.25, 0.3) is 0 Å². The van der Waals surface area contributed by atoms with Crippen LogP contribution in [0.1, 0.15) is 0 Å². The normalized spacial score (nSPS) is 11.6. The molecule has 674 valence electrons. The maximum Gasteiger partial charge on any atom is 0.164 e. The average molecular weight is 1850 g/mol. The van der Waals surface area contributed by atoms with Gasteiger partial charge in [-0.05, 0) is 189 Å². The zero-order valence-corrected chi connectivity index (χ0v) is 76.9. The van der Waals surface area contributed by atoms with E-state index in [9.17, 15) is 0 Å². The molecule has 9 heterocycles. The van der Waals surface area contributed by atoms with Crippen molar-refractivity contribution < 1.29 is 26.5 Å². The molecule has 0 saturated carbocycles. The van der Waals surface area contributed by atoms with Gasteiger partial charge in [-0.25, -0.2) is 44.9 Å². The van der Waals surface area contributed by atoms with Crippen LogP contribution >= 0.6 is 0 Å². The SMILES string of the molecule is c1ccc(-c2ccc(-c3cccc(-c4nc(-c5ccc6c(c5)oc5ccccc56)nc(-c5ccc6c(c5)oc5ccccc56)n4)c3)cc2)cc1.c1ccc(-c2cccc(-c3cccc(-c4nc(-c5ccc6c(c5)oc5ccccc56)nc(-c5ccc6c(c5)oc5ccccc56)n4)c3)c2)cc1.c1ccc(-c2cccc(-c3nc(-c4ccc5c(c4)oc4ccccc45)nc(-c4ccc5c(c4)oc4ccccc45)n3)c2)cc1. The van der Waals surface area contributed by atoms with Crippen molar-refractivity contribution in [1.82, 2.24) is 44.9 Å². The van der Waals surface area contributed by atoms with Crippen LogP contribution in [0.3, 0.4) is 0 Å². The van der Waals surface area contributed by atoms with Crippen molar-refractivity contribution in [2.45, 2.75) is 0 Å². The molecule has 20 aromatic carbocycles. The molecule has 0 unspecified atom stereocenters. The summed E-state index contributed by atoms with van der Waals surface area (Å²) in [6.45, 7) is 0. The second-order valence-corrected chi connectivity index (χ2v) is 35.8. The van der Waals surface area contributed by atoms with Gasteiger partial charge in [-0.15, -0.1) is 0 Å². The molecule has 9 aromatic heterocycles. The van der Waals surface area contributed by atoms with E-state index >= 15 is 0 Å². The molecule has 29 aromatic rings. The highest BCUT2D eigenvalue weighted by Gasteiger charge is 2.24. The van der Waals surface area contributed by atoms with E-state index in [4.69, 9.17) is 71.4 Å². The predicted molar refractivity (Wildman–Crippen MR) is 579 cm³/mol. The molecule has 144 heavy (non-hydrogen) atoms. The van der Waals surface area contributed by atoms with Crippen LogP contribution in [0.5, 0.6) is 0 Å². The lowest BCUT2D eigenvalue weighted by Gasteiger charge is -2.10. The molecule has 0 atom stereocenters. The lowest BCUT2D eigenvalue weighted by atomic mass is 9.98. The summed E-state index contributed by atoms with van der Waals surface area (Å²) in [4.78, 5) is 45.3. The summed E-state index contributed by atoms with van der Waals surface area (Å²) in [6, 6.07) is 159. The first-order valence-corrected chi connectivity index (χ1v) is 47.7. The Balaban J connectivity index is 0.000000108. The van der Waals surface area contributed by atoms with E-state index in [1.807, 2.05) is 188 Å². The van der Waals surface area contributed by atoms with Crippen LogP contribution < -0.4 is 0 Å². The number of hydrogen-bond donors (Lipinski definition) is 0. The van der Waals surface area contributed by atoms with Crippen LogP contribution in [0.25, 0.3) is 290 Å². The molecular formula is C129H77N9O6. The topological polar surface area (TPSA) is 195 Å². The molecule has 0 radical (unpaired) electrons. The molecule has 0 aliphatic rings. The van der Waals surface area contributed by atoms with Crippen molar-refractivity contribution in [2.75, 3.05) is 0 Å². The second-order valence-electron chi connectivity index (χ2n) is 35.8. The number of hydrogen-bond acceptors (Lipinski definition) is 15. The van der Waals surface area contributed by atoms with Crippen molar-refractivity contribution in [1.29, 1.82) is 0 Å². The Morgan fingerprint density at radius 3 is 0.438 bits per heavy atom. The first kappa shape index (κ1) is 83.6. The molecule has 0 bridgehead atoms. The Bertz CT molecular complexity index is 9690. The quantitative estimate of drug-likeness (QED) is 0.0996. The number of rotatable bonds is 14. The van der Waals surface area contributed by atoms with Gasteiger partial charge in [0.15, 0.2) is 52.4 Å². The fourth-order valence-electron chi connectivity index (χ4n) is 19.6. The number of fused-ring (bicyclic) bond motifs is 18. The Morgan fingerprint density at radius 1 is 0.0903 bits per heavy atom. The smallest absolute Gasteiger partial charge is 0.164 e. The lowest BCUT2D eigenvalue weighted by molar-refractivity contribution is 0.668. The van der Waals surface area contributed by atoms with Gasteiger partial charge < -0.3 is 26.5 Å². The molecule has 0 aliphatic heterocycles. The van der Waals surface area contributed by atoms with Crippen LogP contribution in [0.15, 0.2) is 494 Å². The number of benzene rings is 20. The van der Waals surface area contributed by atoms with E-state index in [0.29, 0.717) is 52.4 Å². The summed E-state index contributed by atoms with van der Waals surface area (Å²) in [5.41, 5.74) is 29.0. The lowest BCUT2D eigenvalue weighted by Crippen LogP contribution is -2.00. The van der Waals surface area contributed by atoms with Gasteiger partial charge in [0.05, 0.1) is 0 Å². The Labute approximate surface area is 822 Å². The molecule has 0 saturated heterocycles. The van der Waals surface area contributed by atoms with Crippen molar-refractivity contribution in [3.8, 4) is 158 Å². The van der Waals surface area contributed by atoms with Gasteiger partial charge in [0.1, 0.15) is 67.0 Å². The first-order chi connectivity index (χ1) is 71.2. The number of furan rings is 6. The molecule has 0 fully saturated rings. The summed E-state index contributed by atoms with van der Waals surface area (Å²) in [7, 11) is 0. The van der Waals surface area contributed by atoms with Crippen LogP contribution in [0, 0.1) is 0 Å². The van der Waals surface area contributed by atoms with Gasteiger partial charge in [-0.3, -0.25) is 0 Å². The number of aromatic nitrogens is 9. The Morgan fingerprint density at radius 2 is 0.222 bits per heavy atom. The monoisotopic (exact) mass is 1850 g/mol. The summed E-state index contributed by atoms with van der Waals surface area (Å²) in [5, 5.41) is 12.8. The van der Waals surface area contributed by atoms with Gasteiger partial charge in [0, 0.05) is 115 Å². The Kier molecular flexibility index (Phi) is 20.5. The van der Waals surface area contributed by atoms with Crippen LogP contribution in [-0.4, -0.2) is 44.9 Å². The summed E-state index contributed by atoms with van der Waals surface area (Å²) in [6.07, 6.45) is 0. The summed E-state index contributed by atoms with van der Waals surface area (Å²) >= 11 is 0. The molecule has 0 amide bonds. The third-order valence-corrected chi connectivity index (χ3v) is 26.8. The van der Waals surface area contributed by atoms with E-state index in [2.05, 4.69) is 279 Å². The standard InChI is InChI=1S/2C45H27N3O2.C39H23N3O2/c1-2-10-28(11-3-1)29-12-8-13-30(24-29)31-14-9-15-32(25-31)43-46-44(33-20-22-37-35-16-4-6-18-39(35)49-41(37)26-33)48-45(47-43)34-21-23-38-36-17-5-7-19-40(36)50-42(38)27-34;1-2-9-28(10-3-1)29-17-19-30(20-18-29)31-11-8-12-32(25-31)43-46-44(33-21-23-37-35-13-4-6-15-39(35)49-41(37)26-33)48-45(47-43)34-22-24-38-36-14-5-7-16-40(36)50-42(38)27-34;1-2-9-24(10-3-1)25-11-8-12-26(21-25)37-40-38(27-17-19-31-29-13-4-6-15-33(29)43-35(31)22-27)42-39(41-37)28-18-20-32-30-14-5-7-16-34(30)44-36(32)23-28/h2*1-27H;1-23H. The fraction of sp³-hybridized carbons (Fsp3) is 0. The van der Waals surface area contributed by atoms with Crippen LogP contribution in [0.4, 0.5) is 0 Å². The van der Waals surface area contributed by atoms with E-state index in [0.717, 1.165) is 215 Å². The molecule has 0 N–H and O–H groups in total. The van der Waals surface area contributed by atoms with Gasteiger partial charge >= 0.3 is 0 Å². The predicted octanol–water partition coefficient (Wildman–Crippen LogP) is 34.3. The number of para-hydroxylation sites is 6. The summed E-state index contributed by atoms with van der Waals surface area (Å²) < 4.78 is 37.4. The minimum atomic E-state index is 0.563. The minimum Gasteiger partial charge on any atom is -0.456 e. The van der Waals surface area contributed by atoms with Gasteiger partial charge in [-0.2, -0.15) is 0 Å². The first-order valence-electron chi connectivity index (χ1n) is 47.7. The van der Waals surface area contributed by atoms with Crippen molar-refractivity contribution in [2.24, 2.45) is 0 Å². The van der Waals surface area contributed by atoms with E-state index in [-0.39, 0.29) is 0 Å². The fourth-order valence-corrected chi connectivity index (χ4v) is 19.6.